The lowest BCUT2D eigenvalue weighted by Gasteiger charge is -2.17. The molecule has 0 aliphatic rings. The molecule has 0 aliphatic carbocycles. The monoisotopic (exact) mass is 234 g/mol. The number of likely N-dealkylation sites (N-methyl/N-ethyl adjacent to an activating group) is 1. The number of amides is 1. The molecule has 1 aromatic rings. The molecule has 0 atom stereocenters. The van der Waals surface area contributed by atoms with Crippen LogP contribution in [0.1, 0.15) is 29.8 Å². The van der Waals surface area contributed by atoms with Crippen molar-refractivity contribution in [3.05, 3.63) is 35.4 Å². The fourth-order valence-corrected chi connectivity index (χ4v) is 1.76. The number of aryl methyl sites for hydroxylation is 1. The molecule has 17 heavy (non-hydrogen) atoms. The van der Waals surface area contributed by atoms with Crippen LogP contribution in [0.4, 0.5) is 0 Å². The van der Waals surface area contributed by atoms with Gasteiger partial charge >= 0.3 is 0 Å². The molecule has 0 aliphatic heterocycles. The molecule has 0 spiro atoms. The molecule has 0 saturated heterocycles. The van der Waals surface area contributed by atoms with E-state index in [0.29, 0.717) is 6.54 Å². The Hall–Kier alpha value is -1.35. The van der Waals surface area contributed by atoms with Gasteiger partial charge < -0.3 is 10.2 Å². The number of nitrogens with one attached hydrogen (secondary N) is 1. The Bertz CT molecular complexity index is 359. The van der Waals surface area contributed by atoms with Crippen molar-refractivity contribution in [3.63, 3.8) is 0 Å². The lowest BCUT2D eigenvalue weighted by molar-refractivity contribution is 0.0949. The largest absolute Gasteiger partial charge is 0.351 e. The molecule has 3 nitrogen and oxygen atoms in total. The summed E-state index contributed by atoms with van der Waals surface area (Å²) < 4.78 is 0. The lowest BCUT2D eigenvalue weighted by atomic mass is 10.1. The van der Waals surface area contributed by atoms with E-state index in [1.807, 2.05) is 31.2 Å². The molecule has 0 unspecified atom stereocenters. The average Bonchev–Trinajstić information content (AvgIpc) is 2.34. The maximum Gasteiger partial charge on any atom is 0.251 e. The molecule has 1 rings (SSSR count). The second kappa shape index (κ2) is 7.07. The predicted octanol–water partition coefficient (Wildman–Crippen LogP) is 2.07. The summed E-state index contributed by atoms with van der Waals surface area (Å²) in [6.07, 6.45) is 0. The van der Waals surface area contributed by atoms with E-state index in [1.54, 1.807) is 0 Å². The Morgan fingerprint density at radius 1 is 1.29 bits per heavy atom. The summed E-state index contributed by atoms with van der Waals surface area (Å²) in [5.74, 6) is 0.0147. The number of hydrogen-bond donors (Lipinski definition) is 1. The maximum atomic E-state index is 11.8. The van der Waals surface area contributed by atoms with Crippen LogP contribution in [0.25, 0.3) is 0 Å². The quantitative estimate of drug-likeness (QED) is 0.817. The van der Waals surface area contributed by atoms with Crippen LogP contribution in [0.5, 0.6) is 0 Å². The van der Waals surface area contributed by atoms with Gasteiger partial charge in [0.1, 0.15) is 0 Å². The normalized spacial score (nSPS) is 10.6. The van der Waals surface area contributed by atoms with Crippen molar-refractivity contribution in [2.75, 3.05) is 26.2 Å². The summed E-state index contributed by atoms with van der Waals surface area (Å²) in [6.45, 7) is 9.91. The van der Waals surface area contributed by atoms with Gasteiger partial charge in [-0.3, -0.25) is 4.79 Å². The number of nitrogens with zero attached hydrogens (tertiary/aromatic N) is 1. The van der Waals surface area contributed by atoms with E-state index in [-0.39, 0.29) is 5.91 Å². The SMILES string of the molecule is CCN(CC)CCNC(=O)c1cccc(C)c1. The van der Waals surface area contributed by atoms with Crippen molar-refractivity contribution in [3.8, 4) is 0 Å². The fraction of sp³-hybridized carbons (Fsp3) is 0.500. The highest BCUT2D eigenvalue weighted by molar-refractivity contribution is 5.94. The van der Waals surface area contributed by atoms with Crippen molar-refractivity contribution in [1.82, 2.24) is 10.2 Å². The minimum atomic E-state index is 0.0147. The minimum absolute atomic E-state index is 0.0147. The minimum Gasteiger partial charge on any atom is -0.351 e. The van der Waals surface area contributed by atoms with Crippen molar-refractivity contribution >= 4 is 5.91 Å². The number of carbonyl (C=O) groups is 1. The van der Waals surface area contributed by atoms with Crippen LogP contribution in [0, 0.1) is 6.92 Å². The van der Waals surface area contributed by atoms with E-state index in [0.717, 1.165) is 30.8 Å². The van der Waals surface area contributed by atoms with Crippen LogP contribution in [0.3, 0.4) is 0 Å². The van der Waals surface area contributed by atoms with Gasteiger partial charge in [0.2, 0.25) is 0 Å². The van der Waals surface area contributed by atoms with Gasteiger partial charge in [0, 0.05) is 18.7 Å². The number of hydrogen-bond acceptors (Lipinski definition) is 2. The topological polar surface area (TPSA) is 32.3 Å². The van der Waals surface area contributed by atoms with E-state index < -0.39 is 0 Å². The number of benzene rings is 1. The van der Waals surface area contributed by atoms with Gasteiger partial charge in [-0.15, -0.1) is 0 Å². The van der Waals surface area contributed by atoms with Gasteiger partial charge in [0.15, 0.2) is 0 Å². The van der Waals surface area contributed by atoms with Crippen LogP contribution in [-0.4, -0.2) is 37.0 Å². The zero-order valence-corrected chi connectivity index (χ0v) is 11.0. The molecule has 0 radical (unpaired) electrons. The molecule has 1 amide bonds. The van der Waals surface area contributed by atoms with E-state index in [9.17, 15) is 4.79 Å². The first kappa shape index (κ1) is 13.7. The van der Waals surface area contributed by atoms with Crippen LogP contribution in [0.15, 0.2) is 24.3 Å². The first-order chi connectivity index (χ1) is 8.17. The summed E-state index contributed by atoms with van der Waals surface area (Å²) >= 11 is 0. The van der Waals surface area contributed by atoms with Crippen molar-refractivity contribution < 1.29 is 4.79 Å². The third kappa shape index (κ3) is 4.57. The Kier molecular flexibility index (Phi) is 5.70. The molecule has 0 aromatic heterocycles. The first-order valence-electron chi connectivity index (χ1n) is 6.24. The van der Waals surface area contributed by atoms with Crippen LogP contribution >= 0.6 is 0 Å². The zero-order chi connectivity index (χ0) is 12.7. The molecule has 0 bridgehead atoms. The number of rotatable bonds is 6. The molecule has 1 N–H and O–H groups in total. The smallest absolute Gasteiger partial charge is 0.251 e. The molecule has 0 fully saturated rings. The molecule has 3 heteroatoms. The predicted molar refractivity (Wildman–Crippen MR) is 71.3 cm³/mol. The summed E-state index contributed by atoms with van der Waals surface area (Å²) in [7, 11) is 0. The lowest BCUT2D eigenvalue weighted by Crippen LogP contribution is -2.34. The molecule has 94 valence electrons. The third-order valence-corrected chi connectivity index (χ3v) is 2.89. The van der Waals surface area contributed by atoms with Crippen LogP contribution in [0.2, 0.25) is 0 Å². The van der Waals surface area contributed by atoms with Crippen molar-refractivity contribution in [2.45, 2.75) is 20.8 Å². The first-order valence-corrected chi connectivity index (χ1v) is 6.24. The summed E-state index contributed by atoms with van der Waals surface area (Å²) in [4.78, 5) is 14.1. The maximum absolute atomic E-state index is 11.8. The van der Waals surface area contributed by atoms with Gasteiger partial charge in [0.25, 0.3) is 5.91 Å². The Morgan fingerprint density at radius 2 is 2.00 bits per heavy atom. The molecular formula is C14H22N2O. The van der Waals surface area contributed by atoms with E-state index in [1.165, 1.54) is 0 Å². The molecule has 0 heterocycles. The summed E-state index contributed by atoms with van der Waals surface area (Å²) in [5, 5.41) is 2.94. The van der Waals surface area contributed by atoms with Gasteiger partial charge in [0.05, 0.1) is 0 Å². The Labute approximate surface area is 104 Å². The highest BCUT2D eigenvalue weighted by Gasteiger charge is 2.05. The van der Waals surface area contributed by atoms with E-state index >= 15 is 0 Å². The highest BCUT2D eigenvalue weighted by atomic mass is 16.1. The van der Waals surface area contributed by atoms with Gasteiger partial charge in [-0.2, -0.15) is 0 Å². The van der Waals surface area contributed by atoms with Crippen LogP contribution < -0.4 is 5.32 Å². The standard InChI is InChI=1S/C14H22N2O/c1-4-16(5-2)10-9-15-14(17)13-8-6-7-12(3)11-13/h6-8,11H,4-5,9-10H2,1-3H3,(H,15,17). The Morgan fingerprint density at radius 3 is 2.59 bits per heavy atom. The fourth-order valence-electron chi connectivity index (χ4n) is 1.76. The zero-order valence-electron chi connectivity index (χ0n) is 11.0. The summed E-state index contributed by atoms with van der Waals surface area (Å²) in [6, 6.07) is 7.66. The van der Waals surface area contributed by atoms with E-state index in [4.69, 9.17) is 0 Å². The summed E-state index contributed by atoms with van der Waals surface area (Å²) in [5.41, 5.74) is 1.85. The van der Waals surface area contributed by atoms with Crippen molar-refractivity contribution in [2.24, 2.45) is 0 Å². The van der Waals surface area contributed by atoms with Gasteiger partial charge in [-0.1, -0.05) is 31.5 Å². The van der Waals surface area contributed by atoms with Crippen molar-refractivity contribution in [1.29, 1.82) is 0 Å². The average molecular weight is 234 g/mol. The molecule has 1 aromatic carbocycles. The van der Waals surface area contributed by atoms with Gasteiger partial charge in [-0.25, -0.2) is 0 Å². The number of carbonyl (C=O) groups excluding carboxylic acids is 1. The third-order valence-electron chi connectivity index (χ3n) is 2.89. The second-order valence-electron chi connectivity index (χ2n) is 4.15. The van der Waals surface area contributed by atoms with Gasteiger partial charge in [-0.05, 0) is 32.1 Å². The molecular weight excluding hydrogens is 212 g/mol. The van der Waals surface area contributed by atoms with E-state index in [2.05, 4.69) is 24.1 Å². The highest BCUT2D eigenvalue weighted by Crippen LogP contribution is 2.03. The molecule has 0 saturated carbocycles. The van der Waals surface area contributed by atoms with Crippen LogP contribution in [-0.2, 0) is 0 Å². The Balaban J connectivity index is 2.40. The second-order valence-corrected chi connectivity index (χ2v) is 4.15.